The number of hydrogen-bond acceptors (Lipinski definition) is 3. The molecular weight excluding hydrogens is 555 g/mol. The Kier molecular flexibility index (Phi) is 7.86. The fourth-order valence-corrected chi connectivity index (χ4v) is 4.45. The number of rotatable bonds is 6. The number of carbonyl (C=O) groups excluding carboxylic acids is 1. The Morgan fingerprint density at radius 1 is 1.17 bits per heavy atom. The van der Waals surface area contributed by atoms with E-state index in [0.29, 0.717) is 12.2 Å². The molecule has 3 rings (SSSR count). The summed E-state index contributed by atoms with van der Waals surface area (Å²) in [6.45, 7) is 5.14. The summed E-state index contributed by atoms with van der Waals surface area (Å²) in [7, 11) is 0. The van der Waals surface area contributed by atoms with Gasteiger partial charge in [-0.1, -0.05) is 6.42 Å². The molecule has 2 aromatic carbocycles. The first-order valence-corrected chi connectivity index (χ1v) is 11.4. The SMILES string of the molecule is Cc1cc(I)ccc1Nc1c(C(=O)NCCN2CCCCC2)cc(Br)c(F)c1F. The molecule has 156 valence electrons. The Hall–Kier alpha value is -1.26. The van der Waals surface area contributed by atoms with Crippen LogP contribution >= 0.6 is 38.5 Å². The van der Waals surface area contributed by atoms with Gasteiger partial charge in [-0.2, -0.15) is 0 Å². The van der Waals surface area contributed by atoms with Crippen LogP contribution in [0.3, 0.4) is 0 Å². The number of likely N-dealkylation sites (tertiary alicyclic amines) is 1. The van der Waals surface area contributed by atoms with E-state index in [4.69, 9.17) is 0 Å². The van der Waals surface area contributed by atoms with Crippen LogP contribution in [0.4, 0.5) is 20.2 Å². The van der Waals surface area contributed by atoms with Gasteiger partial charge in [-0.15, -0.1) is 0 Å². The monoisotopic (exact) mass is 577 g/mol. The second kappa shape index (κ2) is 10.2. The molecule has 0 saturated carbocycles. The summed E-state index contributed by atoms with van der Waals surface area (Å²) in [6, 6.07) is 6.89. The molecule has 4 nitrogen and oxygen atoms in total. The third-order valence-electron chi connectivity index (χ3n) is 5.02. The number of piperidine rings is 1. The van der Waals surface area contributed by atoms with Crippen molar-refractivity contribution in [3.05, 3.63) is 55.1 Å². The fourth-order valence-electron chi connectivity index (χ4n) is 3.40. The lowest BCUT2D eigenvalue weighted by atomic mass is 10.1. The van der Waals surface area contributed by atoms with E-state index in [1.54, 1.807) is 6.07 Å². The summed E-state index contributed by atoms with van der Waals surface area (Å²) in [5.41, 5.74) is 1.39. The van der Waals surface area contributed by atoms with Crippen LogP contribution in [0.15, 0.2) is 28.7 Å². The van der Waals surface area contributed by atoms with Crippen molar-refractivity contribution in [3.63, 3.8) is 0 Å². The van der Waals surface area contributed by atoms with Crippen molar-refractivity contribution in [2.24, 2.45) is 0 Å². The van der Waals surface area contributed by atoms with Crippen LogP contribution in [0.2, 0.25) is 0 Å². The summed E-state index contributed by atoms with van der Waals surface area (Å²) >= 11 is 5.19. The predicted molar refractivity (Wildman–Crippen MR) is 124 cm³/mol. The highest BCUT2D eigenvalue weighted by Crippen LogP contribution is 2.32. The maximum atomic E-state index is 14.7. The van der Waals surface area contributed by atoms with E-state index < -0.39 is 17.5 Å². The predicted octanol–water partition coefficient (Wildman–Crippen LogP) is 5.60. The molecule has 1 aliphatic rings. The molecule has 0 unspecified atom stereocenters. The molecule has 1 heterocycles. The summed E-state index contributed by atoms with van der Waals surface area (Å²) < 4.78 is 29.9. The first kappa shape index (κ1) is 22.4. The molecule has 0 radical (unpaired) electrons. The largest absolute Gasteiger partial charge is 0.352 e. The van der Waals surface area contributed by atoms with Crippen molar-refractivity contribution in [3.8, 4) is 0 Å². The maximum Gasteiger partial charge on any atom is 0.253 e. The molecule has 0 atom stereocenters. The van der Waals surface area contributed by atoms with Crippen molar-refractivity contribution in [2.75, 3.05) is 31.5 Å². The van der Waals surface area contributed by atoms with Gasteiger partial charge in [0.15, 0.2) is 11.6 Å². The number of benzene rings is 2. The van der Waals surface area contributed by atoms with Gasteiger partial charge in [0, 0.05) is 22.3 Å². The Balaban J connectivity index is 1.80. The van der Waals surface area contributed by atoms with Crippen molar-refractivity contribution < 1.29 is 13.6 Å². The third-order valence-corrected chi connectivity index (χ3v) is 6.27. The van der Waals surface area contributed by atoms with Crippen LogP contribution in [0.5, 0.6) is 0 Å². The smallest absolute Gasteiger partial charge is 0.253 e. The van der Waals surface area contributed by atoms with Crippen LogP contribution in [0.1, 0.15) is 35.2 Å². The average molecular weight is 578 g/mol. The zero-order valence-electron chi connectivity index (χ0n) is 16.1. The van der Waals surface area contributed by atoms with E-state index >= 15 is 0 Å². The topological polar surface area (TPSA) is 44.4 Å². The summed E-state index contributed by atoms with van der Waals surface area (Å²) in [5, 5.41) is 5.75. The number of amides is 1. The molecule has 1 fully saturated rings. The quantitative estimate of drug-likeness (QED) is 0.347. The molecule has 1 amide bonds. The zero-order valence-corrected chi connectivity index (χ0v) is 19.9. The average Bonchev–Trinajstić information content (AvgIpc) is 2.70. The zero-order chi connectivity index (χ0) is 21.0. The van der Waals surface area contributed by atoms with Gasteiger partial charge in [-0.25, -0.2) is 8.78 Å². The molecule has 0 bridgehead atoms. The number of anilines is 2. The van der Waals surface area contributed by atoms with E-state index in [0.717, 1.165) is 28.8 Å². The van der Waals surface area contributed by atoms with Gasteiger partial charge < -0.3 is 15.5 Å². The number of nitrogens with zero attached hydrogens (tertiary/aromatic N) is 1. The number of halogens is 4. The molecule has 1 aliphatic heterocycles. The summed E-state index contributed by atoms with van der Waals surface area (Å²) in [4.78, 5) is 15.1. The molecule has 0 spiro atoms. The lowest BCUT2D eigenvalue weighted by Crippen LogP contribution is -2.37. The maximum absolute atomic E-state index is 14.7. The Morgan fingerprint density at radius 3 is 2.59 bits per heavy atom. The standard InChI is InChI=1S/C21H23BrF2IN3O/c1-13-11-14(25)5-6-17(13)27-20-15(12-16(22)18(23)19(20)24)21(29)26-7-10-28-8-3-2-4-9-28/h5-6,11-12,27H,2-4,7-10H2,1H3,(H,26,29). The first-order chi connectivity index (χ1) is 13.9. The second-order valence-corrected chi connectivity index (χ2v) is 9.25. The Bertz CT molecular complexity index is 904. The van der Waals surface area contributed by atoms with Gasteiger partial charge in [0.05, 0.1) is 15.7 Å². The minimum atomic E-state index is -1.08. The first-order valence-electron chi connectivity index (χ1n) is 9.58. The van der Waals surface area contributed by atoms with Gasteiger partial charge in [-0.3, -0.25) is 4.79 Å². The molecule has 1 saturated heterocycles. The molecule has 2 N–H and O–H groups in total. The molecule has 29 heavy (non-hydrogen) atoms. The van der Waals surface area contributed by atoms with Crippen LogP contribution in [0, 0.1) is 22.1 Å². The van der Waals surface area contributed by atoms with Gasteiger partial charge >= 0.3 is 0 Å². The fraction of sp³-hybridized carbons (Fsp3) is 0.381. The molecule has 0 aliphatic carbocycles. The van der Waals surface area contributed by atoms with Crippen molar-refractivity contribution in [2.45, 2.75) is 26.2 Å². The number of hydrogen-bond donors (Lipinski definition) is 2. The van der Waals surface area contributed by atoms with E-state index in [2.05, 4.69) is 54.1 Å². The molecule has 8 heteroatoms. The second-order valence-electron chi connectivity index (χ2n) is 7.15. The van der Waals surface area contributed by atoms with E-state index in [1.165, 1.54) is 25.3 Å². The van der Waals surface area contributed by atoms with Gasteiger partial charge in [0.25, 0.3) is 5.91 Å². The number of aryl methyl sites for hydroxylation is 1. The van der Waals surface area contributed by atoms with Crippen molar-refractivity contribution in [1.29, 1.82) is 0 Å². The van der Waals surface area contributed by atoms with E-state index in [9.17, 15) is 13.6 Å². The Morgan fingerprint density at radius 2 is 1.90 bits per heavy atom. The summed E-state index contributed by atoms with van der Waals surface area (Å²) in [5.74, 6) is -2.55. The minimum Gasteiger partial charge on any atom is -0.352 e. The Labute approximate surface area is 191 Å². The summed E-state index contributed by atoms with van der Waals surface area (Å²) in [6.07, 6.45) is 3.60. The minimum absolute atomic E-state index is 0.0624. The van der Waals surface area contributed by atoms with Crippen molar-refractivity contribution in [1.82, 2.24) is 10.2 Å². The van der Waals surface area contributed by atoms with Gasteiger partial charge in [0.1, 0.15) is 0 Å². The lowest BCUT2D eigenvalue weighted by Gasteiger charge is -2.26. The lowest BCUT2D eigenvalue weighted by molar-refractivity contribution is 0.0947. The highest BCUT2D eigenvalue weighted by Gasteiger charge is 2.22. The highest BCUT2D eigenvalue weighted by atomic mass is 127. The molecule has 0 aromatic heterocycles. The number of carbonyl (C=O) groups is 1. The van der Waals surface area contributed by atoms with Crippen molar-refractivity contribution >= 4 is 55.8 Å². The van der Waals surface area contributed by atoms with Crippen LogP contribution in [-0.4, -0.2) is 37.0 Å². The van der Waals surface area contributed by atoms with Gasteiger partial charge in [-0.05, 0) is 101 Å². The van der Waals surface area contributed by atoms with Crippen LogP contribution in [-0.2, 0) is 0 Å². The van der Waals surface area contributed by atoms with Crippen LogP contribution < -0.4 is 10.6 Å². The van der Waals surface area contributed by atoms with Gasteiger partial charge in [0.2, 0.25) is 0 Å². The third kappa shape index (κ3) is 5.67. The molecular formula is C21H23BrF2IN3O. The van der Waals surface area contributed by atoms with E-state index in [1.807, 2.05) is 19.1 Å². The highest BCUT2D eigenvalue weighted by molar-refractivity contribution is 14.1. The normalized spacial score (nSPS) is 14.7. The van der Waals surface area contributed by atoms with Crippen LogP contribution in [0.25, 0.3) is 0 Å². The van der Waals surface area contributed by atoms with E-state index in [-0.39, 0.29) is 15.7 Å². The molecule has 2 aromatic rings. The number of nitrogens with one attached hydrogen (secondary N) is 2.